The Balaban J connectivity index is 1.92. The van der Waals surface area contributed by atoms with Crippen LogP contribution in [-0.4, -0.2) is 41.3 Å². The standard InChI is InChI=1S/C21H22ClN6O3P/c1-5-19(29)27-18-10-15(16(31-2)12-23-18)26-21-24-11-13(22)20(28-21)25-14-8-6-7-9-17(14)32(3,4)30/h5-12H,1H2,2-4H3,(H3,23,24,25,26,27,28,29). The number of ether oxygens (including phenoxy) is 1. The highest BCUT2D eigenvalue weighted by atomic mass is 35.5. The van der Waals surface area contributed by atoms with Crippen LogP contribution in [0.2, 0.25) is 5.02 Å². The molecule has 166 valence electrons. The molecule has 3 rings (SSSR count). The fraction of sp³-hybridized carbons (Fsp3) is 0.143. The molecule has 9 nitrogen and oxygen atoms in total. The predicted octanol–water partition coefficient (Wildman–Crippen LogP) is 4.39. The summed E-state index contributed by atoms with van der Waals surface area (Å²) in [6.45, 7) is 6.81. The second kappa shape index (κ2) is 9.80. The van der Waals surface area contributed by atoms with Gasteiger partial charge in [0.1, 0.15) is 18.0 Å². The molecule has 0 spiro atoms. The molecule has 2 heterocycles. The highest BCUT2D eigenvalue weighted by Crippen LogP contribution is 2.38. The van der Waals surface area contributed by atoms with Gasteiger partial charge in [-0.3, -0.25) is 4.79 Å². The Morgan fingerprint density at radius 1 is 1.16 bits per heavy atom. The molecule has 11 heteroatoms. The van der Waals surface area contributed by atoms with Gasteiger partial charge in [-0.15, -0.1) is 0 Å². The third-order valence-electron chi connectivity index (χ3n) is 4.25. The molecule has 1 aromatic carbocycles. The van der Waals surface area contributed by atoms with E-state index in [4.69, 9.17) is 16.3 Å². The summed E-state index contributed by atoms with van der Waals surface area (Å²) in [5.74, 6) is 0.860. The van der Waals surface area contributed by atoms with Crippen LogP contribution in [0.25, 0.3) is 0 Å². The zero-order valence-electron chi connectivity index (χ0n) is 17.7. The van der Waals surface area contributed by atoms with Gasteiger partial charge in [-0.25, -0.2) is 9.97 Å². The Morgan fingerprint density at radius 3 is 2.59 bits per heavy atom. The van der Waals surface area contributed by atoms with Crippen LogP contribution in [0.15, 0.2) is 55.4 Å². The SMILES string of the molecule is C=CC(=O)Nc1cc(Nc2ncc(Cl)c(Nc3ccccc3P(C)(C)=O)n2)c(OC)cn1. The first-order valence-electron chi connectivity index (χ1n) is 9.40. The van der Waals surface area contributed by atoms with E-state index in [-0.39, 0.29) is 11.0 Å². The van der Waals surface area contributed by atoms with Crippen molar-refractivity contribution in [2.45, 2.75) is 0 Å². The van der Waals surface area contributed by atoms with Crippen LogP contribution in [0.4, 0.5) is 29.0 Å². The smallest absolute Gasteiger partial charge is 0.248 e. The Labute approximate surface area is 190 Å². The van der Waals surface area contributed by atoms with Gasteiger partial charge in [-0.2, -0.15) is 4.98 Å². The first-order chi connectivity index (χ1) is 15.2. The Bertz CT molecular complexity index is 1210. The lowest BCUT2D eigenvalue weighted by atomic mass is 10.3. The van der Waals surface area contributed by atoms with Gasteiger partial charge in [0.05, 0.1) is 30.9 Å². The molecule has 0 aliphatic heterocycles. The fourth-order valence-corrected chi connectivity index (χ4v) is 4.05. The number of pyridine rings is 1. The van der Waals surface area contributed by atoms with Crippen LogP contribution in [0.1, 0.15) is 0 Å². The van der Waals surface area contributed by atoms with Gasteiger partial charge in [0.15, 0.2) is 11.6 Å². The van der Waals surface area contributed by atoms with Gasteiger partial charge < -0.3 is 25.3 Å². The zero-order valence-corrected chi connectivity index (χ0v) is 19.4. The third kappa shape index (κ3) is 5.63. The van der Waals surface area contributed by atoms with E-state index in [0.29, 0.717) is 34.1 Å². The molecule has 0 saturated carbocycles. The van der Waals surface area contributed by atoms with Gasteiger partial charge in [0.2, 0.25) is 11.9 Å². The summed E-state index contributed by atoms with van der Waals surface area (Å²) in [7, 11) is -1.04. The van der Waals surface area contributed by atoms with Crippen molar-refractivity contribution in [3.05, 3.63) is 60.4 Å². The van der Waals surface area contributed by atoms with Crippen molar-refractivity contribution < 1.29 is 14.1 Å². The average molecular weight is 473 g/mol. The molecular formula is C21H22ClN6O3P. The quantitative estimate of drug-likeness (QED) is 0.326. The number of hydrogen-bond donors (Lipinski definition) is 3. The molecule has 0 unspecified atom stereocenters. The second-order valence-electron chi connectivity index (χ2n) is 6.97. The van der Waals surface area contributed by atoms with Crippen LogP contribution in [0.5, 0.6) is 5.75 Å². The number of nitrogens with one attached hydrogen (secondary N) is 3. The minimum absolute atomic E-state index is 0.219. The third-order valence-corrected chi connectivity index (χ3v) is 6.08. The fourth-order valence-electron chi connectivity index (χ4n) is 2.76. The minimum atomic E-state index is -2.53. The van der Waals surface area contributed by atoms with E-state index in [1.807, 2.05) is 12.1 Å². The van der Waals surface area contributed by atoms with E-state index < -0.39 is 13.0 Å². The number of methoxy groups -OCH3 is 1. The molecule has 32 heavy (non-hydrogen) atoms. The summed E-state index contributed by atoms with van der Waals surface area (Å²) in [4.78, 5) is 24.3. The van der Waals surface area contributed by atoms with E-state index in [1.54, 1.807) is 31.5 Å². The predicted molar refractivity (Wildman–Crippen MR) is 129 cm³/mol. The lowest BCUT2D eigenvalue weighted by Crippen LogP contribution is -2.11. The van der Waals surface area contributed by atoms with Crippen molar-refractivity contribution >= 4 is 58.9 Å². The van der Waals surface area contributed by atoms with Crippen molar-refractivity contribution in [3.63, 3.8) is 0 Å². The molecule has 0 aliphatic carbocycles. The van der Waals surface area contributed by atoms with Crippen molar-refractivity contribution in [3.8, 4) is 5.75 Å². The molecule has 2 aromatic heterocycles. The number of carbonyl (C=O) groups excluding carboxylic acids is 1. The molecule has 3 aromatic rings. The van der Waals surface area contributed by atoms with Gasteiger partial charge in [0.25, 0.3) is 0 Å². The number of halogens is 1. The van der Waals surface area contributed by atoms with Crippen molar-refractivity contribution in [2.75, 3.05) is 36.4 Å². The zero-order chi connectivity index (χ0) is 23.3. The summed E-state index contributed by atoms with van der Waals surface area (Å²) >= 11 is 6.30. The van der Waals surface area contributed by atoms with Gasteiger partial charge in [0, 0.05) is 11.4 Å². The summed E-state index contributed by atoms with van der Waals surface area (Å²) in [6.07, 6.45) is 4.03. The Morgan fingerprint density at radius 2 is 1.91 bits per heavy atom. The lowest BCUT2D eigenvalue weighted by molar-refractivity contribution is -0.111. The highest BCUT2D eigenvalue weighted by molar-refractivity contribution is 7.70. The van der Waals surface area contributed by atoms with Crippen LogP contribution in [0.3, 0.4) is 0 Å². The van der Waals surface area contributed by atoms with Crippen molar-refractivity contribution in [2.24, 2.45) is 0 Å². The molecule has 0 fully saturated rings. The van der Waals surface area contributed by atoms with Crippen LogP contribution >= 0.6 is 18.7 Å². The van der Waals surface area contributed by atoms with Crippen LogP contribution < -0.4 is 26.0 Å². The average Bonchev–Trinajstić information content (AvgIpc) is 2.76. The van der Waals surface area contributed by atoms with E-state index in [9.17, 15) is 9.36 Å². The maximum absolute atomic E-state index is 12.6. The Kier molecular flexibility index (Phi) is 7.12. The number of aromatic nitrogens is 3. The van der Waals surface area contributed by atoms with Crippen LogP contribution in [-0.2, 0) is 9.36 Å². The maximum atomic E-state index is 12.6. The topological polar surface area (TPSA) is 118 Å². The summed E-state index contributed by atoms with van der Waals surface area (Å²) < 4.78 is 18.0. The number of hydrogen-bond acceptors (Lipinski definition) is 8. The van der Waals surface area contributed by atoms with Gasteiger partial charge >= 0.3 is 0 Å². The first kappa shape index (κ1) is 23.2. The van der Waals surface area contributed by atoms with Crippen molar-refractivity contribution in [1.29, 1.82) is 0 Å². The van der Waals surface area contributed by atoms with Crippen LogP contribution in [0, 0.1) is 0 Å². The summed E-state index contributed by atoms with van der Waals surface area (Å²) in [5.41, 5.74) is 1.12. The molecule has 0 atom stereocenters. The van der Waals surface area contributed by atoms with E-state index in [2.05, 4.69) is 37.5 Å². The monoisotopic (exact) mass is 472 g/mol. The number of amides is 1. The summed E-state index contributed by atoms with van der Waals surface area (Å²) in [5, 5.41) is 9.72. The van der Waals surface area contributed by atoms with Gasteiger partial charge in [-0.05, 0) is 31.5 Å². The minimum Gasteiger partial charge on any atom is -0.493 e. The molecule has 3 N–H and O–H groups in total. The lowest BCUT2D eigenvalue weighted by Gasteiger charge is -2.16. The molecule has 0 saturated heterocycles. The number of carbonyl (C=O) groups is 1. The van der Waals surface area contributed by atoms with E-state index in [0.717, 1.165) is 6.08 Å². The number of benzene rings is 1. The summed E-state index contributed by atoms with van der Waals surface area (Å²) in [6, 6.07) is 8.84. The van der Waals surface area contributed by atoms with E-state index in [1.165, 1.54) is 19.5 Å². The molecule has 0 bridgehead atoms. The normalized spacial score (nSPS) is 10.9. The number of rotatable bonds is 8. The Hall–Kier alpha value is -3.42. The second-order valence-corrected chi connectivity index (χ2v) is 10.6. The largest absolute Gasteiger partial charge is 0.493 e. The number of nitrogens with zero attached hydrogens (tertiary/aromatic N) is 3. The maximum Gasteiger partial charge on any atom is 0.248 e. The molecule has 1 amide bonds. The van der Waals surface area contributed by atoms with E-state index >= 15 is 0 Å². The molecule has 0 radical (unpaired) electrons. The molecular weight excluding hydrogens is 451 g/mol. The van der Waals surface area contributed by atoms with Crippen molar-refractivity contribution in [1.82, 2.24) is 15.0 Å². The number of para-hydroxylation sites is 1. The number of anilines is 5. The molecule has 0 aliphatic rings. The highest BCUT2D eigenvalue weighted by Gasteiger charge is 2.17. The van der Waals surface area contributed by atoms with Gasteiger partial charge in [-0.1, -0.05) is 30.3 Å². The first-order valence-corrected chi connectivity index (χ1v) is 12.4.